The summed E-state index contributed by atoms with van der Waals surface area (Å²) in [5.41, 5.74) is -0.473. The maximum Gasteiger partial charge on any atom is 0.226 e. The number of thiol groups is 1. The van der Waals surface area contributed by atoms with E-state index in [1.54, 1.807) is 26.0 Å². The summed E-state index contributed by atoms with van der Waals surface area (Å²) in [7, 11) is -2.49. The van der Waals surface area contributed by atoms with Gasteiger partial charge in [-0.25, -0.2) is 8.42 Å². The van der Waals surface area contributed by atoms with E-state index >= 15 is 0 Å². The highest BCUT2D eigenvalue weighted by molar-refractivity contribution is 7.72. The molecule has 0 aromatic heterocycles. The Morgan fingerprint density at radius 3 is 2.61 bits per heavy atom. The van der Waals surface area contributed by atoms with Gasteiger partial charge in [0.1, 0.15) is 10.7 Å². The standard InChI is InChI=1S/C17H29NO4S/c1-5-6-13(19)11(2)15(20)18-14-9-12-7-8-17(14,10-23(21)22)16(12,3)4/h5-6,11-14,19,23H,7-10H2,1-4H3,(H,18,20)/b6-5+/t11-,12?,13-,14?,17?/m1/s1. The first-order valence-electron chi connectivity index (χ1n) is 8.38. The summed E-state index contributed by atoms with van der Waals surface area (Å²) in [6.45, 7) is 7.76. The van der Waals surface area contributed by atoms with Crippen LogP contribution < -0.4 is 5.32 Å². The number of hydrogen-bond acceptors (Lipinski definition) is 4. The number of hydrogen-bond donors (Lipinski definition) is 3. The second-order valence-corrected chi connectivity index (χ2v) is 8.69. The van der Waals surface area contributed by atoms with Gasteiger partial charge in [-0.1, -0.05) is 32.9 Å². The van der Waals surface area contributed by atoms with Gasteiger partial charge in [0, 0.05) is 11.5 Å². The van der Waals surface area contributed by atoms with Crippen LogP contribution in [0.15, 0.2) is 12.2 Å². The summed E-state index contributed by atoms with van der Waals surface area (Å²) in [6, 6.07) is -0.128. The van der Waals surface area contributed by atoms with Crippen molar-refractivity contribution in [3.8, 4) is 0 Å². The lowest BCUT2D eigenvalue weighted by Gasteiger charge is -2.41. The van der Waals surface area contributed by atoms with Crippen molar-refractivity contribution in [2.75, 3.05) is 5.75 Å². The van der Waals surface area contributed by atoms with Crippen molar-refractivity contribution in [3.05, 3.63) is 12.2 Å². The Morgan fingerprint density at radius 1 is 1.43 bits per heavy atom. The molecule has 2 bridgehead atoms. The Bertz CT molecular complexity index is 561. The van der Waals surface area contributed by atoms with Crippen LogP contribution in [0.25, 0.3) is 0 Å². The molecule has 0 aromatic carbocycles. The SMILES string of the molecule is C/C=C/[C@@H](O)[C@@H](C)C(=O)NC1CC2CCC1(C[SH](=O)=O)C2(C)C. The molecule has 6 heteroatoms. The number of amides is 1. The highest BCUT2D eigenvalue weighted by atomic mass is 32.2. The fourth-order valence-corrected chi connectivity index (χ4v) is 5.96. The third kappa shape index (κ3) is 3.07. The number of carbonyl (C=O) groups is 1. The predicted molar refractivity (Wildman–Crippen MR) is 90.7 cm³/mol. The van der Waals surface area contributed by atoms with Crippen LogP contribution in [0.4, 0.5) is 0 Å². The highest BCUT2D eigenvalue weighted by Gasteiger charge is 2.64. The molecule has 2 N–H and O–H groups in total. The van der Waals surface area contributed by atoms with E-state index in [1.165, 1.54) is 0 Å². The van der Waals surface area contributed by atoms with E-state index in [0.29, 0.717) is 5.92 Å². The first-order valence-corrected chi connectivity index (χ1v) is 9.75. The molecule has 5 atom stereocenters. The molecule has 1 amide bonds. The lowest BCUT2D eigenvalue weighted by Crippen LogP contribution is -2.52. The number of carbonyl (C=O) groups excluding carboxylic acids is 1. The molecule has 0 aromatic rings. The van der Waals surface area contributed by atoms with Crippen LogP contribution >= 0.6 is 0 Å². The van der Waals surface area contributed by atoms with E-state index < -0.39 is 22.7 Å². The molecule has 3 unspecified atom stereocenters. The summed E-state index contributed by atoms with van der Waals surface area (Å²) in [4.78, 5) is 12.5. The van der Waals surface area contributed by atoms with Gasteiger partial charge in [0.25, 0.3) is 0 Å². The van der Waals surface area contributed by atoms with E-state index in [1.807, 2.05) is 0 Å². The molecule has 0 saturated heterocycles. The second-order valence-electron chi connectivity index (χ2n) is 7.71. The van der Waals surface area contributed by atoms with Gasteiger partial charge in [-0.3, -0.25) is 4.79 Å². The van der Waals surface area contributed by atoms with E-state index in [4.69, 9.17) is 0 Å². The number of aliphatic hydroxyl groups is 1. The van der Waals surface area contributed by atoms with Crippen molar-refractivity contribution >= 4 is 16.6 Å². The molecule has 2 fully saturated rings. The van der Waals surface area contributed by atoms with E-state index in [0.717, 1.165) is 19.3 Å². The maximum absolute atomic E-state index is 12.5. The van der Waals surface area contributed by atoms with Crippen LogP contribution in [0.5, 0.6) is 0 Å². The normalized spacial score (nSPS) is 34.9. The van der Waals surface area contributed by atoms with Gasteiger partial charge in [0.05, 0.1) is 17.8 Å². The van der Waals surface area contributed by atoms with Crippen molar-refractivity contribution < 1.29 is 18.3 Å². The van der Waals surface area contributed by atoms with Crippen molar-refractivity contribution in [2.45, 2.75) is 59.1 Å². The number of rotatable bonds is 6. The predicted octanol–water partition coefficient (Wildman–Crippen LogP) is 1.48. The molecule has 2 saturated carbocycles. The third-order valence-corrected chi connectivity index (χ3v) is 7.30. The first-order chi connectivity index (χ1) is 10.7. The minimum atomic E-state index is -2.49. The van der Waals surface area contributed by atoms with Gasteiger partial charge in [-0.15, -0.1) is 0 Å². The molecule has 2 aliphatic carbocycles. The lowest BCUT2D eigenvalue weighted by atomic mass is 9.69. The molecule has 0 spiro atoms. The average molecular weight is 343 g/mol. The number of nitrogens with one attached hydrogen (secondary N) is 1. The van der Waals surface area contributed by atoms with Crippen molar-refractivity contribution in [2.24, 2.45) is 22.7 Å². The zero-order chi connectivity index (χ0) is 17.4. The van der Waals surface area contributed by atoms with E-state index in [2.05, 4.69) is 19.2 Å². The Hall–Kier alpha value is -0.880. The van der Waals surface area contributed by atoms with Crippen LogP contribution in [0, 0.1) is 22.7 Å². The molecule has 2 rings (SSSR count). The van der Waals surface area contributed by atoms with E-state index in [9.17, 15) is 18.3 Å². The lowest BCUT2D eigenvalue weighted by molar-refractivity contribution is -0.128. The average Bonchev–Trinajstić information content (AvgIpc) is 2.80. The minimum absolute atomic E-state index is 0.0917. The topological polar surface area (TPSA) is 83.5 Å². The zero-order valence-corrected chi connectivity index (χ0v) is 15.3. The molecule has 0 aliphatic heterocycles. The Morgan fingerprint density at radius 2 is 2.09 bits per heavy atom. The van der Waals surface area contributed by atoms with E-state index in [-0.39, 0.29) is 28.5 Å². The number of fused-ring (bicyclic) bond motifs is 2. The van der Waals surface area contributed by atoms with Gasteiger partial charge >= 0.3 is 0 Å². The van der Waals surface area contributed by atoms with Crippen LogP contribution in [0.2, 0.25) is 0 Å². The van der Waals surface area contributed by atoms with Crippen molar-refractivity contribution in [1.82, 2.24) is 5.32 Å². The Balaban J connectivity index is 2.18. The maximum atomic E-state index is 12.5. The monoisotopic (exact) mass is 343 g/mol. The molecular formula is C17H29NO4S. The summed E-state index contributed by atoms with van der Waals surface area (Å²) in [5.74, 6) is -0.183. The molecule has 0 heterocycles. The molecule has 2 aliphatic rings. The van der Waals surface area contributed by atoms with Crippen molar-refractivity contribution in [3.63, 3.8) is 0 Å². The van der Waals surface area contributed by atoms with Gasteiger partial charge in [-0.2, -0.15) is 0 Å². The fourth-order valence-electron chi connectivity index (χ4n) is 4.71. The van der Waals surface area contributed by atoms with Crippen LogP contribution in [-0.2, 0) is 15.5 Å². The molecular weight excluding hydrogens is 314 g/mol. The van der Waals surface area contributed by atoms with Gasteiger partial charge in [0.15, 0.2) is 0 Å². The molecule has 132 valence electrons. The van der Waals surface area contributed by atoms with Crippen LogP contribution in [0.3, 0.4) is 0 Å². The molecule has 0 radical (unpaired) electrons. The molecule has 5 nitrogen and oxygen atoms in total. The quantitative estimate of drug-likeness (QED) is 0.504. The summed E-state index contributed by atoms with van der Waals surface area (Å²) < 4.78 is 22.9. The largest absolute Gasteiger partial charge is 0.388 e. The number of allylic oxidation sites excluding steroid dienone is 1. The van der Waals surface area contributed by atoms with Gasteiger partial charge < -0.3 is 10.4 Å². The van der Waals surface area contributed by atoms with Gasteiger partial charge in [-0.05, 0) is 37.5 Å². The Kier molecular flexibility index (Phi) is 5.26. The summed E-state index contributed by atoms with van der Waals surface area (Å²) in [6.07, 6.45) is 5.19. The zero-order valence-electron chi connectivity index (χ0n) is 14.4. The summed E-state index contributed by atoms with van der Waals surface area (Å²) in [5, 5.41) is 13.0. The van der Waals surface area contributed by atoms with Gasteiger partial charge in [0.2, 0.25) is 5.91 Å². The van der Waals surface area contributed by atoms with Crippen LogP contribution in [0.1, 0.15) is 47.0 Å². The molecule has 23 heavy (non-hydrogen) atoms. The highest BCUT2D eigenvalue weighted by Crippen LogP contribution is 2.65. The first kappa shape index (κ1) is 18.5. The Labute approximate surface area is 140 Å². The van der Waals surface area contributed by atoms with Crippen LogP contribution in [-0.4, -0.2) is 37.3 Å². The summed E-state index contributed by atoms with van der Waals surface area (Å²) >= 11 is 0. The number of aliphatic hydroxyl groups excluding tert-OH is 1. The minimum Gasteiger partial charge on any atom is -0.388 e. The van der Waals surface area contributed by atoms with Crippen molar-refractivity contribution in [1.29, 1.82) is 0 Å². The fraction of sp³-hybridized carbons (Fsp3) is 0.824. The second kappa shape index (κ2) is 6.55. The smallest absolute Gasteiger partial charge is 0.226 e. The third-order valence-electron chi connectivity index (χ3n) is 6.47.